The molecule has 0 saturated carbocycles. The summed E-state index contributed by atoms with van der Waals surface area (Å²) >= 11 is 0. The number of nitrogens with zero attached hydrogens (tertiary/aromatic N) is 3. The summed E-state index contributed by atoms with van der Waals surface area (Å²) < 4.78 is 27.7. The van der Waals surface area contributed by atoms with Gasteiger partial charge in [-0.1, -0.05) is 6.92 Å². The van der Waals surface area contributed by atoms with Crippen molar-refractivity contribution in [2.45, 2.75) is 56.4 Å². The van der Waals surface area contributed by atoms with Gasteiger partial charge in [0.2, 0.25) is 21.8 Å². The van der Waals surface area contributed by atoms with Gasteiger partial charge in [-0.05, 0) is 56.7 Å². The molecule has 3 aliphatic heterocycles. The van der Waals surface area contributed by atoms with E-state index >= 15 is 0 Å². The van der Waals surface area contributed by atoms with E-state index in [2.05, 4.69) is 10.2 Å². The summed E-state index contributed by atoms with van der Waals surface area (Å²) in [6.45, 7) is 4.23. The second kappa shape index (κ2) is 8.55. The molecule has 0 aliphatic carbocycles. The number of anilines is 2. The van der Waals surface area contributed by atoms with Gasteiger partial charge in [0.05, 0.1) is 16.3 Å². The number of piperidine rings is 1. The van der Waals surface area contributed by atoms with Crippen LogP contribution in [0.4, 0.5) is 11.4 Å². The molecule has 3 aliphatic rings. The minimum atomic E-state index is -3.61. The van der Waals surface area contributed by atoms with Crippen molar-refractivity contribution in [3.05, 3.63) is 18.2 Å². The predicted molar refractivity (Wildman–Crippen MR) is 115 cm³/mol. The second-order valence-corrected chi connectivity index (χ2v) is 10.2. The maximum atomic E-state index is 13.3. The summed E-state index contributed by atoms with van der Waals surface area (Å²) in [5.74, 6) is -0.349. The van der Waals surface area contributed by atoms with E-state index in [4.69, 9.17) is 0 Å². The van der Waals surface area contributed by atoms with Gasteiger partial charge in [0.15, 0.2) is 0 Å². The minimum Gasteiger partial charge on any atom is -0.358 e. The Bertz CT molecular complexity index is 927. The summed E-state index contributed by atoms with van der Waals surface area (Å²) in [6.07, 6.45) is 5.25. The van der Waals surface area contributed by atoms with Gasteiger partial charge >= 0.3 is 0 Å². The van der Waals surface area contributed by atoms with Gasteiger partial charge in [0, 0.05) is 26.2 Å². The maximum absolute atomic E-state index is 13.3. The van der Waals surface area contributed by atoms with Crippen molar-refractivity contribution in [3.63, 3.8) is 0 Å². The number of hydrogen-bond donors (Lipinski definition) is 1. The zero-order chi connectivity index (χ0) is 21.3. The highest BCUT2D eigenvalue weighted by atomic mass is 32.2. The molecule has 1 aromatic carbocycles. The summed E-state index contributed by atoms with van der Waals surface area (Å²) in [5.41, 5.74) is 1.35. The number of sulfonamides is 1. The smallest absolute Gasteiger partial charge is 0.250 e. The highest BCUT2D eigenvalue weighted by Crippen LogP contribution is 2.41. The van der Waals surface area contributed by atoms with Gasteiger partial charge in [0.1, 0.15) is 12.6 Å². The second-order valence-electron chi connectivity index (χ2n) is 8.24. The van der Waals surface area contributed by atoms with Crippen LogP contribution >= 0.6 is 0 Å². The molecule has 0 radical (unpaired) electrons. The molecule has 2 saturated heterocycles. The van der Waals surface area contributed by atoms with Crippen LogP contribution in [0.25, 0.3) is 0 Å². The zero-order valence-corrected chi connectivity index (χ0v) is 18.3. The Hall–Kier alpha value is -2.13. The molecule has 0 bridgehead atoms. The van der Waals surface area contributed by atoms with E-state index in [1.807, 2.05) is 6.92 Å². The standard InChI is InChI=1S/C21H30N4O4S/c1-2-10-22-20(26)15-25-19-14-16(30(28,29)23-11-5-6-12-23)8-9-17(19)24-13-4-3-7-18(24)21(25)27/h8-9,14,18H,2-7,10-13,15H2,1H3,(H,22,26). The molecule has 8 nitrogen and oxygen atoms in total. The number of benzene rings is 1. The number of nitrogens with one attached hydrogen (secondary N) is 1. The lowest BCUT2D eigenvalue weighted by molar-refractivity contribution is -0.125. The molecule has 164 valence electrons. The van der Waals surface area contributed by atoms with Crippen molar-refractivity contribution in [1.82, 2.24) is 9.62 Å². The fraction of sp³-hybridized carbons (Fsp3) is 0.619. The van der Waals surface area contributed by atoms with E-state index in [9.17, 15) is 18.0 Å². The summed E-state index contributed by atoms with van der Waals surface area (Å²) in [5, 5.41) is 2.82. The molecular formula is C21H30N4O4S. The third-order valence-corrected chi connectivity index (χ3v) is 8.07. The fourth-order valence-electron chi connectivity index (χ4n) is 4.60. The topological polar surface area (TPSA) is 90.0 Å². The molecule has 2 fully saturated rings. The van der Waals surface area contributed by atoms with Crippen LogP contribution in [0.1, 0.15) is 45.4 Å². The molecule has 1 aromatic rings. The molecule has 2 amide bonds. The fourth-order valence-corrected chi connectivity index (χ4v) is 6.14. The molecule has 30 heavy (non-hydrogen) atoms. The Morgan fingerprint density at radius 2 is 1.83 bits per heavy atom. The molecule has 3 heterocycles. The molecule has 0 spiro atoms. The monoisotopic (exact) mass is 434 g/mol. The van der Waals surface area contributed by atoms with Crippen LogP contribution in [0.3, 0.4) is 0 Å². The van der Waals surface area contributed by atoms with Crippen LogP contribution in [0.15, 0.2) is 23.1 Å². The Morgan fingerprint density at radius 3 is 2.57 bits per heavy atom. The van der Waals surface area contributed by atoms with Crippen molar-refractivity contribution in [1.29, 1.82) is 0 Å². The van der Waals surface area contributed by atoms with Crippen LogP contribution in [0, 0.1) is 0 Å². The van der Waals surface area contributed by atoms with Gasteiger partial charge in [-0.15, -0.1) is 0 Å². The Balaban J connectivity index is 1.72. The van der Waals surface area contributed by atoms with E-state index in [1.54, 1.807) is 18.2 Å². The lowest BCUT2D eigenvalue weighted by Gasteiger charge is -2.45. The normalized spacial score (nSPS) is 22.0. The van der Waals surface area contributed by atoms with Gasteiger partial charge in [0.25, 0.3) is 0 Å². The summed E-state index contributed by atoms with van der Waals surface area (Å²) in [4.78, 5) is 29.5. The molecule has 1 atom stereocenters. The predicted octanol–water partition coefficient (Wildman–Crippen LogP) is 1.70. The first kappa shape index (κ1) is 21.1. The number of rotatable bonds is 6. The van der Waals surface area contributed by atoms with Gasteiger partial charge in [-0.3, -0.25) is 14.5 Å². The van der Waals surface area contributed by atoms with Crippen molar-refractivity contribution in [2.75, 3.05) is 42.5 Å². The Kier molecular flexibility index (Phi) is 6.02. The molecule has 9 heteroatoms. The zero-order valence-electron chi connectivity index (χ0n) is 17.5. The number of carbonyl (C=O) groups excluding carboxylic acids is 2. The number of fused-ring (bicyclic) bond motifs is 3. The lowest BCUT2D eigenvalue weighted by Crippen LogP contribution is -2.57. The number of hydrogen-bond acceptors (Lipinski definition) is 5. The lowest BCUT2D eigenvalue weighted by atomic mass is 9.96. The summed E-state index contributed by atoms with van der Waals surface area (Å²) in [6, 6.07) is 4.74. The SMILES string of the molecule is CCCNC(=O)CN1C(=O)C2CCCCN2c2ccc(S(=O)(=O)N3CCCC3)cc21. The van der Waals surface area contributed by atoms with Crippen LogP contribution in [0.5, 0.6) is 0 Å². The van der Waals surface area contributed by atoms with Gasteiger partial charge in [-0.2, -0.15) is 4.31 Å². The van der Waals surface area contributed by atoms with E-state index in [-0.39, 0.29) is 29.3 Å². The van der Waals surface area contributed by atoms with Crippen molar-refractivity contribution >= 4 is 33.2 Å². The quantitative estimate of drug-likeness (QED) is 0.736. The van der Waals surface area contributed by atoms with Crippen molar-refractivity contribution < 1.29 is 18.0 Å². The average Bonchev–Trinajstić information content (AvgIpc) is 3.30. The van der Waals surface area contributed by atoms with E-state index in [1.165, 1.54) is 9.21 Å². The molecule has 1 unspecified atom stereocenters. The maximum Gasteiger partial charge on any atom is 0.250 e. The van der Waals surface area contributed by atoms with Crippen LogP contribution < -0.4 is 15.1 Å². The Labute approximate surface area is 178 Å². The first-order valence-electron chi connectivity index (χ1n) is 10.9. The Morgan fingerprint density at radius 1 is 1.10 bits per heavy atom. The van der Waals surface area contributed by atoms with E-state index in [0.29, 0.717) is 25.3 Å². The number of amides is 2. The van der Waals surface area contributed by atoms with Crippen LogP contribution in [-0.2, 0) is 19.6 Å². The third-order valence-electron chi connectivity index (χ3n) is 6.18. The van der Waals surface area contributed by atoms with Crippen LogP contribution in [0.2, 0.25) is 0 Å². The van der Waals surface area contributed by atoms with Crippen molar-refractivity contribution in [2.24, 2.45) is 0 Å². The van der Waals surface area contributed by atoms with Crippen LogP contribution in [-0.4, -0.2) is 63.3 Å². The van der Waals surface area contributed by atoms with E-state index in [0.717, 1.165) is 50.8 Å². The first-order chi connectivity index (χ1) is 14.4. The van der Waals surface area contributed by atoms with E-state index < -0.39 is 10.0 Å². The van der Waals surface area contributed by atoms with Gasteiger partial charge < -0.3 is 10.2 Å². The highest BCUT2D eigenvalue weighted by Gasteiger charge is 2.41. The molecule has 0 aromatic heterocycles. The average molecular weight is 435 g/mol. The third kappa shape index (κ3) is 3.80. The largest absolute Gasteiger partial charge is 0.358 e. The molecule has 1 N–H and O–H groups in total. The minimum absolute atomic E-state index is 0.0939. The molecular weight excluding hydrogens is 404 g/mol. The number of carbonyl (C=O) groups is 2. The molecule has 4 rings (SSSR count). The highest BCUT2D eigenvalue weighted by molar-refractivity contribution is 7.89. The van der Waals surface area contributed by atoms with Gasteiger partial charge in [-0.25, -0.2) is 8.42 Å². The summed E-state index contributed by atoms with van der Waals surface area (Å²) in [7, 11) is -3.61. The first-order valence-corrected chi connectivity index (χ1v) is 12.4. The van der Waals surface area contributed by atoms with Crippen molar-refractivity contribution in [3.8, 4) is 0 Å².